The van der Waals surface area contributed by atoms with Crippen LogP contribution in [0.1, 0.15) is 0 Å². The van der Waals surface area contributed by atoms with Gasteiger partial charge in [-0.2, -0.15) is 13.5 Å². The third-order valence-electron chi connectivity index (χ3n) is 1.30. The van der Waals surface area contributed by atoms with Gasteiger partial charge in [-0.05, 0) is 12.1 Å². The highest BCUT2D eigenvalue weighted by Gasteiger charge is 2.05. The van der Waals surface area contributed by atoms with E-state index in [0.717, 1.165) is 0 Å². The molecule has 0 fully saturated rings. The quantitative estimate of drug-likeness (QED) is 0.217. The van der Waals surface area contributed by atoms with E-state index in [9.17, 15) is 13.2 Å². The molecule has 0 bridgehead atoms. The number of hydrazine groups is 2. The fraction of sp³-hybridized carbons (Fsp3) is 0. The zero-order valence-electron chi connectivity index (χ0n) is 8.15. The molecule has 7 N–H and O–H groups in total. The van der Waals surface area contributed by atoms with E-state index in [4.69, 9.17) is 4.55 Å². The first-order valence-corrected chi connectivity index (χ1v) is 5.30. The Morgan fingerprint density at radius 1 is 1.19 bits per heavy atom. The Kier molecular flexibility index (Phi) is 5.39. The molecule has 0 unspecified atom stereocenters. The normalized spacial score (nSPS) is 9.94. The van der Waals surface area contributed by atoms with E-state index in [0.29, 0.717) is 5.12 Å². The number of nitrogens with zero attached hydrogens (tertiary/aromatic N) is 1. The minimum atomic E-state index is -4.00. The first-order valence-electron chi connectivity index (χ1n) is 3.86. The molecule has 1 rings (SSSR count). The first-order chi connectivity index (χ1) is 7.25. The van der Waals surface area contributed by atoms with Crippen LogP contribution in [0.3, 0.4) is 0 Å². The molecule has 0 aromatic heterocycles. The number of carbonyl (C=O) groups is 1. The molecule has 8 nitrogen and oxygen atoms in total. The molecule has 0 spiro atoms. The maximum Gasteiger partial charge on any atom is 0.343 e. The van der Waals surface area contributed by atoms with Crippen molar-refractivity contribution < 1.29 is 17.8 Å². The molecule has 16 heavy (non-hydrogen) atoms. The Hall–Kier alpha value is -1.68. The lowest BCUT2D eigenvalue weighted by Gasteiger charge is -2.00. The van der Waals surface area contributed by atoms with Crippen molar-refractivity contribution in [3.63, 3.8) is 0 Å². The highest BCUT2D eigenvalue weighted by atomic mass is 32.2. The SMILES string of the molecule is NC(=O)N(N)N.O=S(=O)(O)c1ccccc1. The van der Waals surface area contributed by atoms with Gasteiger partial charge in [0.05, 0.1) is 4.90 Å². The number of benzene rings is 1. The van der Waals surface area contributed by atoms with Crippen molar-refractivity contribution >= 4 is 16.1 Å². The summed E-state index contributed by atoms with van der Waals surface area (Å²) >= 11 is 0. The van der Waals surface area contributed by atoms with Gasteiger partial charge in [0.25, 0.3) is 10.1 Å². The maximum atomic E-state index is 10.4. The van der Waals surface area contributed by atoms with Gasteiger partial charge in [0.15, 0.2) is 0 Å². The Morgan fingerprint density at radius 2 is 1.56 bits per heavy atom. The lowest BCUT2D eigenvalue weighted by molar-refractivity contribution is 0.210. The minimum absolute atomic E-state index is 0.0741. The maximum absolute atomic E-state index is 10.4. The molecule has 0 saturated carbocycles. The Morgan fingerprint density at radius 3 is 1.75 bits per heavy atom. The molecule has 0 aliphatic carbocycles. The van der Waals surface area contributed by atoms with Gasteiger partial charge in [0.1, 0.15) is 0 Å². The molecular weight excluding hydrogens is 236 g/mol. The molecule has 90 valence electrons. The average Bonchev–Trinajstić information content (AvgIpc) is 2.18. The summed E-state index contributed by atoms with van der Waals surface area (Å²) in [4.78, 5) is 9.52. The third-order valence-corrected chi connectivity index (χ3v) is 2.16. The molecule has 0 aliphatic heterocycles. The smallest absolute Gasteiger partial charge is 0.343 e. The molecule has 1 aromatic rings. The number of primary amides is 1. The number of urea groups is 1. The van der Waals surface area contributed by atoms with Crippen molar-refractivity contribution in [2.75, 3.05) is 0 Å². The number of hydrogen-bond acceptors (Lipinski definition) is 5. The van der Waals surface area contributed by atoms with Gasteiger partial charge in [-0.15, -0.1) is 0 Å². The average molecular weight is 248 g/mol. The van der Waals surface area contributed by atoms with Crippen molar-refractivity contribution in [1.29, 1.82) is 0 Å². The van der Waals surface area contributed by atoms with E-state index < -0.39 is 16.1 Å². The summed E-state index contributed by atoms with van der Waals surface area (Å²) in [7, 11) is -4.00. The van der Waals surface area contributed by atoms with Crippen LogP contribution < -0.4 is 17.4 Å². The van der Waals surface area contributed by atoms with Gasteiger partial charge in [-0.1, -0.05) is 18.2 Å². The summed E-state index contributed by atoms with van der Waals surface area (Å²) in [5.74, 6) is 9.14. The summed E-state index contributed by atoms with van der Waals surface area (Å²) < 4.78 is 29.2. The zero-order valence-corrected chi connectivity index (χ0v) is 8.96. The van der Waals surface area contributed by atoms with E-state index in [-0.39, 0.29) is 4.90 Å². The molecule has 2 amide bonds. The van der Waals surface area contributed by atoms with Crippen molar-refractivity contribution in [2.45, 2.75) is 4.90 Å². The van der Waals surface area contributed by atoms with Crippen molar-refractivity contribution in [3.05, 3.63) is 30.3 Å². The Bertz CT molecular complexity index is 431. The number of carbonyl (C=O) groups excluding carboxylic acids is 1. The molecule has 0 radical (unpaired) electrons. The zero-order chi connectivity index (χ0) is 12.8. The second-order valence-corrected chi connectivity index (χ2v) is 3.96. The fourth-order valence-corrected chi connectivity index (χ4v) is 1.09. The summed E-state index contributed by atoms with van der Waals surface area (Å²) in [6.45, 7) is 0. The monoisotopic (exact) mass is 248 g/mol. The van der Waals surface area contributed by atoms with Crippen LogP contribution in [0.4, 0.5) is 4.79 Å². The molecule has 9 heteroatoms. The third kappa shape index (κ3) is 5.93. The second-order valence-electron chi connectivity index (χ2n) is 2.53. The Balaban J connectivity index is 0.000000325. The standard InChI is InChI=1S/C6H6O3S.CH6N4O/c7-10(8,9)6-4-2-1-3-5-6;2-1(6)5(3)4/h1-5H,(H,7,8,9);3-4H2,(H2,2,6). The van der Waals surface area contributed by atoms with Gasteiger partial charge in [-0.25, -0.2) is 16.5 Å². The number of rotatable bonds is 1. The number of nitrogens with two attached hydrogens (primary N) is 3. The van der Waals surface area contributed by atoms with Crippen molar-refractivity contribution in [3.8, 4) is 0 Å². The molecule has 0 heterocycles. The van der Waals surface area contributed by atoms with Gasteiger partial charge in [0.2, 0.25) is 0 Å². The van der Waals surface area contributed by atoms with Gasteiger partial charge in [-0.3, -0.25) is 4.55 Å². The largest absolute Gasteiger partial charge is 0.349 e. The molecular formula is C7H12N4O4S. The van der Waals surface area contributed by atoms with Gasteiger partial charge >= 0.3 is 6.03 Å². The van der Waals surface area contributed by atoms with Crippen LogP contribution >= 0.6 is 0 Å². The van der Waals surface area contributed by atoms with Crippen LogP contribution in [-0.4, -0.2) is 24.1 Å². The Labute approximate surface area is 92.3 Å². The topological polar surface area (TPSA) is 153 Å². The van der Waals surface area contributed by atoms with Crippen molar-refractivity contribution in [1.82, 2.24) is 5.12 Å². The molecule has 0 atom stereocenters. The van der Waals surface area contributed by atoms with Gasteiger partial charge in [0, 0.05) is 0 Å². The van der Waals surface area contributed by atoms with Crippen LogP contribution in [-0.2, 0) is 10.1 Å². The van der Waals surface area contributed by atoms with Gasteiger partial charge < -0.3 is 5.73 Å². The number of hydrogen-bond donors (Lipinski definition) is 4. The second kappa shape index (κ2) is 6.02. The predicted molar refractivity (Wildman–Crippen MR) is 56.1 cm³/mol. The molecule has 0 aliphatic rings. The van der Waals surface area contributed by atoms with E-state index in [1.165, 1.54) is 12.1 Å². The molecule has 0 saturated heterocycles. The lowest BCUT2D eigenvalue weighted by atomic mass is 10.4. The van der Waals surface area contributed by atoms with Crippen LogP contribution in [0, 0.1) is 0 Å². The predicted octanol–water partition coefficient (Wildman–Crippen LogP) is -0.952. The first kappa shape index (κ1) is 14.3. The minimum Gasteiger partial charge on any atom is -0.349 e. The fourth-order valence-electron chi connectivity index (χ4n) is 0.592. The molecule has 1 aromatic carbocycles. The van der Waals surface area contributed by atoms with E-state index in [1.54, 1.807) is 18.2 Å². The van der Waals surface area contributed by atoms with E-state index >= 15 is 0 Å². The van der Waals surface area contributed by atoms with E-state index in [2.05, 4.69) is 17.4 Å². The lowest BCUT2D eigenvalue weighted by Crippen LogP contribution is -2.46. The highest BCUT2D eigenvalue weighted by molar-refractivity contribution is 7.85. The van der Waals surface area contributed by atoms with Crippen LogP contribution in [0.2, 0.25) is 0 Å². The number of amides is 2. The van der Waals surface area contributed by atoms with Crippen LogP contribution in [0.15, 0.2) is 35.2 Å². The van der Waals surface area contributed by atoms with Crippen LogP contribution in [0.25, 0.3) is 0 Å². The van der Waals surface area contributed by atoms with Crippen molar-refractivity contribution in [2.24, 2.45) is 17.4 Å². The van der Waals surface area contributed by atoms with E-state index in [1.807, 2.05) is 0 Å². The summed E-state index contributed by atoms with van der Waals surface area (Å²) in [6.07, 6.45) is 0. The highest BCUT2D eigenvalue weighted by Crippen LogP contribution is 2.05. The summed E-state index contributed by atoms with van der Waals surface area (Å²) in [5.41, 5.74) is 4.47. The summed E-state index contributed by atoms with van der Waals surface area (Å²) in [6, 6.07) is 6.57. The summed E-state index contributed by atoms with van der Waals surface area (Å²) in [5, 5.41) is 0.306. The van der Waals surface area contributed by atoms with Crippen LogP contribution in [0.5, 0.6) is 0 Å².